The molecule has 0 bridgehead atoms. The van der Waals surface area contributed by atoms with Crippen molar-refractivity contribution in [2.45, 2.75) is 57.2 Å². The Kier molecular flexibility index (Phi) is 3.18. The van der Waals surface area contributed by atoms with Gasteiger partial charge >= 0.3 is 0 Å². The van der Waals surface area contributed by atoms with Crippen molar-refractivity contribution in [3.05, 3.63) is 28.8 Å². The molecule has 3 heterocycles. The summed E-state index contributed by atoms with van der Waals surface area (Å²) in [7, 11) is 0. The lowest BCUT2D eigenvalue weighted by atomic mass is 9.78. The van der Waals surface area contributed by atoms with Gasteiger partial charge in [0.05, 0.1) is 24.3 Å². The van der Waals surface area contributed by atoms with E-state index < -0.39 is 5.67 Å². The van der Waals surface area contributed by atoms with Crippen LogP contribution in [0.4, 0.5) is 4.39 Å². The van der Waals surface area contributed by atoms with Gasteiger partial charge in [-0.3, -0.25) is 0 Å². The molecule has 0 radical (unpaired) electrons. The van der Waals surface area contributed by atoms with Crippen LogP contribution in [0.3, 0.4) is 0 Å². The number of rotatable bonds is 3. The Morgan fingerprint density at radius 2 is 2.19 bits per heavy atom. The van der Waals surface area contributed by atoms with Gasteiger partial charge in [0.15, 0.2) is 0 Å². The van der Waals surface area contributed by atoms with Crippen LogP contribution in [0.1, 0.15) is 56.4 Å². The zero-order valence-electron chi connectivity index (χ0n) is 12.4. The van der Waals surface area contributed by atoms with E-state index in [2.05, 4.69) is 21.0 Å². The van der Waals surface area contributed by atoms with Gasteiger partial charge in [-0.25, -0.2) is 9.37 Å². The summed E-state index contributed by atoms with van der Waals surface area (Å²) in [4.78, 5) is 5.79. The van der Waals surface area contributed by atoms with Crippen molar-refractivity contribution in [1.29, 1.82) is 0 Å². The number of fused-ring (bicyclic) bond motifs is 3. The van der Waals surface area contributed by atoms with Crippen molar-refractivity contribution in [3.8, 4) is 11.3 Å². The van der Waals surface area contributed by atoms with Gasteiger partial charge in [-0.05, 0) is 62.8 Å². The summed E-state index contributed by atoms with van der Waals surface area (Å²) in [6.07, 6.45) is 9.88. The van der Waals surface area contributed by atoms with Gasteiger partial charge in [-0.2, -0.15) is 0 Å². The Hall–Kier alpha value is -1.16. The molecular formula is C17H21FN2S. The summed E-state index contributed by atoms with van der Waals surface area (Å²) < 4.78 is 16.2. The van der Waals surface area contributed by atoms with E-state index in [-0.39, 0.29) is 0 Å². The maximum atomic E-state index is 13.9. The summed E-state index contributed by atoms with van der Waals surface area (Å²) in [6, 6.07) is 2.67. The average Bonchev–Trinajstić information content (AvgIpc) is 3.12. The Bertz CT molecular complexity index is 593. The zero-order chi connectivity index (χ0) is 14.4. The van der Waals surface area contributed by atoms with Crippen LogP contribution in [0.2, 0.25) is 0 Å². The Morgan fingerprint density at radius 3 is 3.00 bits per heavy atom. The lowest BCUT2D eigenvalue weighted by Crippen LogP contribution is -2.26. The maximum absolute atomic E-state index is 13.9. The third kappa shape index (κ3) is 2.33. The standard InChI is InChI=1S/C17H21FN2S/c1-17(18)7-4-12(5-8-17)2-3-14-16-13(6-9-21-16)15-10-19-11-20(14)15/h6,9-12,14H,2-5,7-8H2,1H3/t12?,14-,17?/m0/s1. The lowest BCUT2D eigenvalue weighted by molar-refractivity contribution is 0.0993. The second-order valence-corrected chi connectivity index (χ2v) is 7.78. The van der Waals surface area contributed by atoms with E-state index in [0.717, 1.165) is 32.1 Å². The minimum absolute atomic E-state index is 0.455. The van der Waals surface area contributed by atoms with E-state index in [4.69, 9.17) is 0 Å². The third-order valence-corrected chi connectivity index (χ3v) is 6.29. The van der Waals surface area contributed by atoms with Crippen molar-refractivity contribution in [2.24, 2.45) is 5.92 Å². The number of halogens is 1. The largest absolute Gasteiger partial charge is 0.322 e. The molecule has 1 saturated carbocycles. The van der Waals surface area contributed by atoms with E-state index >= 15 is 0 Å². The molecule has 112 valence electrons. The molecule has 2 aromatic rings. The highest BCUT2D eigenvalue weighted by atomic mass is 32.1. The van der Waals surface area contributed by atoms with Gasteiger partial charge in [0.1, 0.15) is 5.67 Å². The average molecular weight is 304 g/mol. The molecule has 0 aromatic carbocycles. The number of thiophene rings is 1. The molecule has 0 unspecified atom stereocenters. The number of nitrogens with zero attached hydrogens (tertiary/aromatic N) is 2. The lowest BCUT2D eigenvalue weighted by Gasteiger charge is -2.31. The maximum Gasteiger partial charge on any atom is 0.108 e. The van der Waals surface area contributed by atoms with Gasteiger partial charge in [0.25, 0.3) is 0 Å². The van der Waals surface area contributed by atoms with Crippen molar-refractivity contribution in [2.75, 3.05) is 0 Å². The van der Waals surface area contributed by atoms with Crippen LogP contribution in [0.15, 0.2) is 24.0 Å². The quantitative estimate of drug-likeness (QED) is 0.761. The molecular weight excluding hydrogens is 283 g/mol. The van der Waals surface area contributed by atoms with Gasteiger partial charge in [-0.15, -0.1) is 11.3 Å². The molecule has 0 spiro atoms. The van der Waals surface area contributed by atoms with Crippen LogP contribution in [0.25, 0.3) is 11.3 Å². The predicted octanol–water partition coefficient (Wildman–Crippen LogP) is 5.21. The van der Waals surface area contributed by atoms with E-state index in [0.29, 0.717) is 12.0 Å². The van der Waals surface area contributed by atoms with Crippen LogP contribution >= 0.6 is 11.3 Å². The van der Waals surface area contributed by atoms with Crippen LogP contribution in [-0.2, 0) is 0 Å². The SMILES string of the molecule is CC1(F)CCC(CC[C@H]2c3sccc3-c3cncn32)CC1. The first-order valence-corrected chi connectivity index (χ1v) is 8.80. The molecule has 1 aliphatic carbocycles. The van der Waals surface area contributed by atoms with Crippen LogP contribution in [-0.4, -0.2) is 15.2 Å². The van der Waals surface area contributed by atoms with E-state index in [9.17, 15) is 4.39 Å². The molecule has 2 aliphatic rings. The molecule has 0 saturated heterocycles. The number of hydrogen-bond acceptors (Lipinski definition) is 2. The van der Waals surface area contributed by atoms with Gasteiger partial charge in [-0.1, -0.05) is 0 Å². The van der Waals surface area contributed by atoms with Crippen molar-refractivity contribution >= 4 is 11.3 Å². The molecule has 1 aliphatic heterocycles. The molecule has 0 amide bonds. The highest BCUT2D eigenvalue weighted by Crippen LogP contribution is 2.46. The van der Waals surface area contributed by atoms with Gasteiger partial charge in [0.2, 0.25) is 0 Å². The van der Waals surface area contributed by atoms with E-state index in [1.165, 1.54) is 22.6 Å². The zero-order valence-corrected chi connectivity index (χ0v) is 13.2. The monoisotopic (exact) mass is 304 g/mol. The van der Waals surface area contributed by atoms with Crippen LogP contribution < -0.4 is 0 Å². The topological polar surface area (TPSA) is 17.8 Å². The van der Waals surface area contributed by atoms with Gasteiger partial charge in [0, 0.05) is 10.4 Å². The smallest absolute Gasteiger partial charge is 0.108 e. The second kappa shape index (κ2) is 4.94. The summed E-state index contributed by atoms with van der Waals surface area (Å²) >= 11 is 1.86. The molecule has 4 rings (SSSR count). The number of imidazole rings is 1. The number of hydrogen-bond donors (Lipinski definition) is 0. The Balaban J connectivity index is 1.45. The van der Waals surface area contributed by atoms with Gasteiger partial charge < -0.3 is 4.57 Å². The molecule has 2 nitrogen and oxygen atoms in total. The first-order chi connectivity index (χ1) is 10.1. The molecule has 2 aromatic heterocycles. The summed E-state index contributed by atoms with van der Waals surface area (Å²) in [5, 5.41) is 2.18. The summed E-state index contributed by atoms with van der Waals surface area (Å²) in [6.45, 7) is 1.76. The molecule has 4 heteroatoms. The van der Waals surface area contributed by atoms with Crippen LogP contribution in [0.5, 0.6) is 0 Å². The van der Waals surface area contributed by atoms with E-state index in [1.54, 1.807) is 6.92 Å². The fourth-order valence-corrected chi connectivity index (χ4v) is 4.95. The Labute approximate surface area is 129 Å². The number of aromatic nitrogens is 2. The molecule has 0 N–H and O–H groups in total. The van der Waals surface area contributed by atoms with Crippen molar-refractivity contribution < 1.29 is 4.39 Å². The highest BCUT2D eigenvalue weighted by molar-refractivity contribution is 7.10. The minimum atomic E-state index is -0.914. The van der Waals surface area contributed by atoms with Crippen molar-refractivity contribution in [3.63, 3.8) is 0 Å². The first kappa shape index (κ1) is 13.5. The highest BCUT2D eigenvalue weighted by Gasteiger charge is 2.33. The van der Waals surface area contributed by atoms with Crippen molar-refractivity contribution in [1.82, 2.24) is 9.55 Å². The fraction of sp³-hybridized carbons (Fsp3) is 0.588. The normalized spacial score (nSPS) is 31.1. The van der Waals surface area contributed by atoms with Crippen LogP contribution in [0, 0.1) is 5.92 Å². The molecule has 21 heavy (non-hydrogen) atoms. The predicted molar refractivity (Wildman–Crippen MR) is 84.4 cm³/mol. The molecule has 1 atom stereocenters. The second-order valence-electron chi connectivity index (χ2n) is 6.83. The van der Waals surface area contributed by atoms with E-state index in [1.807, 2.05) is 23.9 Å². The summed E-state index contributed by atoms with van der Waals surface area (Å²) in [5.41, 5.74) is 1.71. The molecule has 1 fully saturated rings. The fourth-order valence-electron chi connectivity index (χ4n) is 3.91. The summed E-state index contributed by atoms with van der Waals surface area (Å²) in [5.74, 6) is 0.699. The first-order valence-electron chi connectivity index (χ1n) is 7.92. The Morgan fingerprint density at radius 1 is 1.38 bits per heavy atom. The third-order valence-electron chi connectivity index (χ3n) is 5.27. The number of alkyl halides is 1. The minimum Gasteiger partial charge on any atom is -0.322 e.